The van der Waals surface area contributed by atoms with Crippen LogP contribution in [-0.4, -0.2) is 158 Å². The number of nitrogens with zero attached hydrogens (tertiary/aromatic N) is 9. The van der Waals surface area contributed by atoms with Gasteiger partial charge in [-0.05, 0) is 100 Å². The average Bonchev–Trinajstić information content (AvgIpc) is 4.17. The molecule has 2 N–H and O–H groups in total. The first-order valence-corrected chi connectivity index (χ1v) is 28.0. The van der Waals surface area contributed by atoms with Crippen LogP contribution in [0.15, 0.2) is 60.5 Å². The Labute approximate surface area is 436 Å². The number of likely N-dealkylation sites (tertiary alicyclic amines) is 3. The first-order chi connectivity index (χ1) is 35.9. The number of esters is 1. The van der Waals surface area contributed by atoms with E-state index in [0.29, 0.717) is 37.9 Å². The molecule has 390 valence electrons. The molecule has 2 amide bonds. The number of aromatic nitrogens is 5. The van der Waals surface area contributed by atoms with Gasteiger partial charge in [-0.2, -0.15) is 0 Å². The SMILES string of the molecule is CO[C@@H](C)c1ncccc1-c1c2c3cc(ccc3n1C1CN(C3CC3)C1)-c1csc(n1)[C@@H](N1CC3(CCCN3C3COC3)C1)[C@H](NC(=O)[C@@H]1[C@@H](C)[C@H]1c1ccncn1)C(=O)N1CCC[C@H](N1)C(=O)OCC(C)(C)C2. The smallest absolute Gasteiger partial charge is 0.324 e. The number of hydrogen-bond acceptors (Lipinski definition) is 15. The van der Waals surface area contributed by atoms with E-state index in [2.05, 4.69) is 97.3 Å². The summed E-state index contributed by atoms with van der Waals surface area (Å²) in [6.07, 6.45) is 11.2. The molecular weight excluding hydrogens is 955 g/mol. The molecule has 13 rings (SSSR count). The fraction of sp³-hybridized carbons (Fsp3) is 0.589. The van der Waals surface area contributed by atoms with Gasteiger partial charge >= 0.3 is 5.97 Å². The quantitative estimate of drug-likeness (QED) is 0.154. The van der Waals surface area contributed by atoms with E-state index in [1.54, 1.807) is 29.7 Å². The van der Waals surface area contributed by atoms with Gasteiger partial charge in [0.15, 0.2) is 0 Å². The maximum absolute atomic E-state index is 15.6. The summed E-state index contributed by atoms with van der Waals surface area (Å²) in [7, 11) is 1.74. The second kappa shape index (κ2) is 18.8. The molecule has 1 spiro atoms. The van der Waals surface area contributed by atoms with E-state index in [1.165, 1.54) is 24.7 Å². The van der Waals surface area contributed by atoms with Crippen molar-refractivity contribution in [1.82, 2.24) is 55.0 Å². The topological polar surface area (TPSA) is 172 Å². The van der Waals surface area contributed by atoms with Crippen molar-refractivity contribution in [2.75, 3.05) is 66.2 Å². The Hall–Kier alpha value is -5.21. The molecule has 4 aromatic heterocycles. The van der Waals surface area contributed by atoms with Gasteiger partial charge in [-0.1, -0.05) is 26.8 Å². The van der Waals surface area contributed by atoms with Crippen LogP contribution in [-0.2, 0) is 35.0 Å². The third-order valence-corrected chi connectivity index (χ3v) is 18.8. The number of rotatable bonds is 10. The molecule has 0 radical (unpaired) electrons. The number of thiazole rings is 1. The zero-order valence-electron chi connectivity index (χ0n) is 43.2. The highest BCUT2D eigenvalue weighted by molar-refractivity contribution is 7.10. The number of pyridine rings is 1. The van der Waals surface area contributed by atoms with Crippen molar-refractivity contribution in [1.29, 1.82) is 0 Å². The summed E-state index contributed by atoms with van der Waals surface area (Å²) in [5, 5.41) is 8.96. The Kier molecular flexibility index (Phi) is 12.3. The minimum Gasteiger partial charge on any atom is -0.464 e. The lowest BCUT2D eigenvalue weighted by molar-refractivity contribution is -0.159. The molecule has 6 aliphatic heterocycles. The van der Waals surface area contributed by atoms with Crippen LogP contribution in [0.3, 0.4) is 0 Å². The molecule has 6 bridgehead atoms. The largest absolute Gasteiger partial charge is 0.464 e. The fourth-order valence-corrected chi connectivity index (χ4v) is 14.6. The lowest BCUT2D eigenvalue weighted by Crippen LogP contribution is -2.73. The molecular formula is C56H69N11O6S. The van der Waals surface area contributed by atoms with E-state index < -0.39 is 29.5 Å². The molecule has 2 saturated carbocycles. The maximum Gasteiger partial charge on any atom is 0.324 e. The lowest BCUT2D eigenvalue weighted by Gasteiger charge is -2.58. The van der Waals surface area contributed by atoms with Crippen LogP contribution in [0.1, 0.15) is 112 Å². The molecule has 74 heavy (non-hydrogen) atoms. The monoisotopic (exact) mass is 1020 g/mol. The van der Waals surface area contributed by atoms with E-state index in [0.717, 1.165) is 109 Å². The van der Waals surface area contributed by atoms with Crippen LogP contribution in [0.4, 0.5) is 0 Å². The third kappa shape index (κ3) is 8.47. The zero-order chi connectivity index (χ0) is 50.6. The number of benzene rings is 1. The first-order valence-electron chi connectivity index (χ1n) is 27.1. The fourth-order valence-electron chi connectivity index (χ4n) is 13.6. The molecule has 7 atom stereocenters. The number of nitrogens with one attached hydrogen (secondary N) is 2. The molecule has 5 aromatic rings. The number of fused-ring (bicyclic) bond motifs is 6. The van der Waals surface area contributed by atoms with E-state index in [4.69, 9.17) is 24.2 Å². The number of cyclic esters (lactones) is 1. The van der Waals surface area contributed by atoms with Gasteiger partial charge in [0.25, 0.3) is 5.91 Å². The first kappa shape index (κ1) is 48.4. The molecule has 1 aromatic carbocycles. The summed E-state index contributed by atoms with van der Waals surface area (Å²) in [4.78, 5) is 71.6. The van der Waals surface area contributed by atoms with Crippen LogP contribution in [0.25, 0.3) is 33.4 Å². The van der Waals surface area contributed by atoms with Gasteiger partial charge in [0, 0.05) is 114 Å². The Morgan fingerprint density at radius 2 is 1.82 bits per heavy atom. The molecule has 5 saturated heterocycles. The summed E-state index contributed by atoms with van der Waals surface area (Å²) < 4.78 is 20.6. The number of hydrogen-bond donors (Lipinski definition) is 2. The lowest BCUT2D eigenvalue weighted by atomic mass is 9.83. The van der Waals surface area contributed by atoms with Gasteiger partial charge in [-0.25, -0.2) is 20.4 Å². The number of ether oxygens (including phenoxy) is 3. The Morgan fingerprint density at radius 1 is 0.986 bits per heavy atom. The highest BCUT2D eigenvalue weighted by Gasteiger charge is 2.59. The van der Waals surface area contributed by atoms with Gasteiger partial charge in [-0.3, -0.25) is 39.1 Å². The minimum atomic E-state index is -1.02. The summed E-state index contributed by atoms with van der Waals surface area (Å²) in [6, 6.07) is 11.8. The molecule has 17 nitrogen and oxygen atoms in total. The van der Waals surface area contributed by atoms with Gasteiger partial charge in [-0.15, -0.1) is 11.3 Å². The average molecular weight is 1020 g/mol. The van der Waals surface area contributed by atoms with Crippen molar-refractivity contribution in [2.24, 2.45) is 17.3 Å². The molecule has 2 aliphatic carbocycles. The van der Waals surface area contributed by atoms with Crippen LogP contribution >= 0.6 is 11.3 Å². The van der Waals surface area contributed by atoms with Crippen molar-refractivity contribution in [2.45, 2.75) is 126 Å². The standard InChI is InChI=1S/C56H69N11O6S/c1-32-45(41-15-18-57-31-59-41)46(32)51(68)61-48-50(64-28-56(29-64)16-8-19-65(56)37-25-72-26-37)52-60-43(27-74-52)34-11-14-44-39(21-34)40(22-55(3,4)30-73-54(70)42-10-7-20-66(62-42)53(48)69)49(38-9-6-17-58-47(38)33(2)71-5)67(44)36-23-63(24-36)35-12-13-35/h6,9,11,14-15,17-18,21,27,31-33,35-37,42,45-46,48,50,62H,7-8,10,12-13,16,19-20,22-26,28-30H2,1-5H3,(H,61,68)/t32-,33-,42-,45-,46+,48-,50-/m0/s1. The predicted octanol–water partition coefficient (Wildman–Crippen LogP) is 6.09. The highest BCUT2D eigenvalue weighted by atomic mass is 32.1. The van der Waals surface area contributed by atoms with E-state index in [9.17, 15) is 9.59 Å². The van der Waals surface area contributed by atoms with Crippen LogP contribution in [0, 0.1) is 17.3 Å². The van der Waals surface area contributed by atoms with Crippen LogP contribution in [0.5, 0.6) is 0 Å². The number of carbonyl (C=O) groups excluding carboxylic acids is 3. The number of amides is 2. The Balaban J connectivity index is 0.949. The van der Waals surface area contributed by atoms with Crippen molar-refractivity contribution in [3.8, 4) is 22.5 Å². The second-order valence-corrected chi connectivity index (χ2v) is 24.4. The second-order valence-electron chi connectivity index (χ2n) is 23.5. The predicted molar refractivity (Wildman–Crippen MR) is 279 cm³/mol. The van der Waals surface area contributed by atoms with Crippen molar-refractivity contribution >= 4 is 40.0 Å². The molecule has 10 heterocycles. The number of methoxy groups -OCH3 is 1. The van der Waals surface area contributed by atoms with Gasteiger partial charge in [0.05, 0.1) is 61.1 Å². The zero-order valence-corrected chi connectivity index (χ0v) is 44.1. The summed E-state index contributed by atoms with van der Waals surface area (Å²) in [5.41, 5.74) is 10.8. The molecule has 8 aliphatic rings. The summed E-state index contributed by atoms with van der Waals surface area (Å²) >= 11 is 1.55. The number of hydrazine groups is 1. The van der Waals surface area contributed by atoms with Crippen LogP contribution < -0.4 is 10.7 Å². The molecule has 18 heteroatoms. The third-order valence-electron chi connectivity index (χ3n) is 17.9. The Bertz CT molecular complexity index is 2960. The van der Waals surface area contributed by atoms with Crippen molar-refractivity contribution in [3.63, 3.8) is 0 Å². The highest BCUT2D eigenvalue weighted by Crippen LogP contribution is 2.54. The summed E-state index contributed by atoms with van der Waals surface area (Å²) in [6.45, 7) is 14.9. The van der Waals surface area contributed by atoms with Gasteiger partial charge < -0.3 is 24.1 Å². The maximum atomic E-state index is 15.6. The number of carbonyl (C=O) groups is 3. The Morgan fingerprint density at radius 3 is 2.58 bits per heavy atom. The van der Waals surface area contributed by atoms with Crippen molar-refractivity contribution < 1.29 is 28.6 Å². The van der Waals surface area contributed by atoms with Crippen LogP contribution in [0.2, 0.25) is 0 Å². The normalized spacial score (nSPS) is 29.1. The van der Waals surface area contributed by atoms with E-state index in [1.807, 2.05) is 18.3 Å². The molecule has 7 fully saturated rings. The van der Waals surface area contributed by atoms with Gasteiger partial charge in [0.2, 0.25) is 5.91 Å². The minimum absolute atomic E-state index is 0.0226. The van der Waals surface area contributed by atoms with E-state index in [-0.39, 0.29) is 53.9 Å². The summed E-state index contributed by atoms with van der Waals surface area (Å²) in [5.74, 6) is -1.33. The van der Waals surface area contributed by atoms with Crippen molar-refractivity contribution in [3.05, 3.63) is 82.5 Å². The van der Waals surface area contributed by atoms with E-state index >= 15 is 4.79 Å². The molecule has 0 unspecified atom stereocenters. The van der Waals surface area contributed by atoms with Gasteiger partial charge in [0.1, 0.15) is 23.4 Å².